The third-order valence-electron chi connectivity index (χ3n) is 3.26. The molecule has 0 fully saturated rings. The van der Waals surface area contributed by atoms with Gasteiger partial charge in [0.15, 0.2) is 0 Å². The molecule has 4 nitrogen and oxygen atoms in total. The summed E-state index contributed by atoms with van der Waals surface area (Å²) in [5, 5.41) is 1.22. The van der Waals surface area contributed by atoms with E-state index in [4.69, 9.17) is 39.5 Å². The van der Waals surface area contributed by atoms with E-state index in [0.29, 0.717) is 21.4 Å². The zero-order valence-corrected chi connectivity index (χ0v) is 15.7. The number of Topliss-reactive ketones (excluding diaryl/α,β-unsaturated/α-hetero) is 1. The van der Waals surface area contributed by atoms with Crippen molar-refractivity contribution in [1.82, 2.24) is 9.55 Å². The molecule has 0 spiro atoms. The van der Waals surface area contributed by atoms with E-state index in [0.717, 1.165) is 0 Å². The molecule has 0 aliphatic rings. The van der Waals surface area contributed by atoms with Gasteiger partial charge in [0.2, 0.25) is 12.0 Å². The Balaban J connectivity index is 0.00000225. The first kappa shape index (κ1) is 19.6. The summed E-state index contributed by atoms with van der Waals surface area (Å²) in [6.07, 6.45) is 3.73. The minimum atomic E-state index is -0.968. The molecule has 0 radical (unpaired) electrons. The van der Waals surface area contributed by atoms with Crippen LogP contribution in [0.25, 0.3) is 0 Å². The van der Waals surface area contributed by atoms with E-state index in [1.165, 1.54) is 12.4 Å². The van der Waals surface area contributed by atoms with Crippen LogP contribution in [0.5, 0.6) is 5.75 Å². The van der Waals surface area contributed by atoms with Gasteiger partial charge in [-0.25, -0.2) is 4.98 Å². The topological polar surface area (TPSA) is 44.1 Å². The maximum atomic E-state index is 12.9. The van der Waals surface area contributed by atoms with Gasteiger partial charge in [0, 0.05) is 28.0 Å². The molecule has 25 heavy (non-hydrogen) atoms. The van der Waals surface area contributed by atoms with Crippen molar-refractivity contribution in [1.29, 1.82) is 0 Å². The van der Waals surface area contributed by atoms with E-state index >= 15 is 0 Å². The molecule has 130 valence electrons. The molecule has 2 aromatic carbocycles. The Hall–Kier alpha value is -1.72. The van der Waals surface area contributed by atoms with E-state index in [2.05, 4.69) is 4.98 Å². The van der Waals surface area contributed by atoms with Crippen molar-refractivity contribution in [3.8, 4) is 5.75 Å². The summed E-state index contributed by atoms with van der Waals surface area (Å²) in [4.78, 5) is 16.9. The number of carbonyl (C=O) groups excluding carboxylic acids is 1. The van der Waals surface area contributed by atoms with Gasteiger partial charge in [-0.15, -0.1) is 12.4 Å². The van der Waals surface area contributed by atoms with Crippen molar-refractivity contribution in [2.75, 3.05) is 0 Å². The lowest BCUT2D eigenvalue weighted by Crippen LogP contribution is -2.24. The molecule has 0 aliphatic carbocycles. The monoisotopic (exact) mass is 416 g/mol. The number of imidazole rings is 1. The van der Waals surface area contributed by atoms with Crippen molar-refractivity contribution in [3.05, 3.63) is 81.8 Å². The number of hydrogen-bond donors (Lipinski definition) is 0. The van der Waals surface area contributed by atoms with E-state index < -0.39 is 6.23 Å². The fraction of sp³-hybridized carbons (Fsp3) is 0.0588. The second-order valence-electron chi connectivity index (χ2n) is 4.93. The normalized spacial score (nSPS) is 11.5. The minimum absolute atomic E-state index is 0. The van der Waals surface area contributed by atoms with Gasteiger partial charge >= 0.3 is 0 Å². The molecule has 1 aromatic heterocycles. The Labute approximate surface area is 165 Å². The van der Waals surface area contributed by atoms with Crippen molar-refractivity contribution in [3.63, 3.8) is 0 Å². The molecular formula is C17H12Cl4N2O2. The molecule has 0 N–H and O–H groups in total. The van der Waals surface area contributed by atoms with E-state index in [1.54, 1.807) is 53.4 Å². The highest BCUT2D eigenvalue weighted by Gasteiger charge is 2.25. The van der Waals surface area contributed by atoms with Crippen LogP contribution in [0.4, 0.5) is 0 Å². The molecule has 0 amide bonds. The molecule has 1 atom stereocenters. The standard InChI is InChI=1S/C17H11Cl3N2O2.ClH/c18-11-2-1-3-13(8-11)24-17(22-7-6-21-10-22)16(23)14-5-4-12(19)9-15(14)20;/h1-10,17H;1H. The number of ether oxygens (including phenoxy) is 1. The van der Waals surface area contributed by atoms with Gasteiger partial charge in [0.05, 0.1) is 11.3 Å². The first-order valence-electron chi connectivity index (χ1n) is 6.93. The summed E-state index contributed by atoms with van der Waals surface area (Å²) in [6.45, 7) is 0. The fourth-order valence-electron chi connectivity index (χ4n) is 2.15. The van der Waals surface area contributed by atoms with Crippen LogP contribution < -0.4 is 4.74 Å². The molecule has 1 unspecified atom stereocenters. The highest BCUT2D eigenvalue weighted by atomic mass is 35.5. The van der Waals surface area contributed by atoms with Crippen LogP contribution in [0.3, 0.4) is 0 Å². The van der Waals surface area contributed by atoms with E-state index in [9.17, 15) is 4.79 Å². The van der Waals surface area contributed by atoms with Crippen LogP contribution >= 0.6 is 47.2 Å². The molecule has 0 saturated heterocycles. The van der Waals surface area contributed by atoms with Crippen molar-refractivity contribution in [2.24, 2.45) is 0 Å². The van der Waals surface area contributed by atoms with Crippen LogP contribution in [0.2, 0.25) is 15.1 Å². The van der Waals surface area contributed by atoms with Crippen molar-refractivity contribution < 1.29 is 9.53 Å². The molecule has 3 aromatic rings. The predicted octanol–water partition coefficient (Wildman–Crippen LogP) is 5.73. The number of nitrogens with zero attached hydrogens (tertiary/aromatic N) is 2. The number of carbonyl (C=O) groups is 1. The van der Waals surface area contributed by atoms with Gasteiger partial charge in [0.25, 0.3) is 0 Å². The number of benzene rings is 2. The van der Waals surface area contributed by atoms with Gasteiger partial charge in [-0.05, 0) is 36.4 Å². The van der Waals surface area contributed by atoms with Gasteiger partial charge in [-0.3, -0.25) is 9.36 Å². The number of rotatable bonds is 5. The lowest BCUT2D eigenvalue weighted by atomic mass is 10.1. The first-order chi connectivity index (χ1) is 11.5. The number of ketones is 1. The molecule has 0 aliphatic heterocycles. The summed E-state index contributed by atoms with van der Waals surface area (Å²) in [7, 11) is 0. The Kier molecular flexibility index (Phi) is 6.73. The molecule has 8 heteroatoms. The third kappa shape index (κ3) is 4.67. The summed E-state index contributed by atoms with van der Waals surface area (Å²) >= 11 is 18.0. The summed E-state index contributed by atoms with van der Waals surface area (Å²) in [5.74, 6) is 0.134. The van der Waals surface area contributed by atoms with E-state index in [1.807, 2.05) is 0 Å². The summed E-state index contributed by atoms with van der Waals surface area (Å²) < 4.78 is 7.39. The van der Waals surface area contributed by atoms with E-state index in [-0.39, 0.29) is 23.2 Å². The molecule has 0 saturated carbocycles. The summed E-state index contributed by atoms with van der Waals surface area (Å²) in [6, 6.07) is 11.5. The van der Waals surface area contributed by atoms with Gasteiger partial charge in [0.1, 0.15) is 5.75 Å². The minimum Gasteiger partial charge on any atom is -0.462 e. The van der Waals surface area contributed by atoms with Crippen molar-refractivity contribution in [2.45, 2.75) is 6.23 Å². The Morgan fingerprint density at radius 3 is 2.48 bits per heavy atom. The number of aromatic nitrogens is 2. The predicted molar refractivity (Wildman–Crippen MR) is 101 cm³/mol. The largest absolute Gasteiger partial charge is 0.462 e. The highest BCUT2D eigenvalue weighted by molar-refractivity contribution is 6.37. The Morgan fingerprint density at radius 1 is 1.08 bits per heavy atom. The number of halogens is 4. The quantitative estimate of drug-likeness (QED) is 0.498. The molecule has 3 rings (SSSR count). The summed E-state index contributed by atoms with van der Waals surface area (Å²) in [5.41, 5.74) is 0.307. The maximum Gasteiger partial charge on any atom is 0.241 e. The van der Waals surface area contributed by atoms with Gasteiger partial charge < -0.3 is 4.74 Å². The fourth-order valence-corrected chi connectivity index (χ4v) is 2.83. The molecular weight excluding hydrogens is 406 g/mol. The van der Waals surface area contributed by atoms with Crippen LogP contribution in [-0.4, -0.2) is 15.3 Å². The number of hydrogen-bond acceptors (Lipinski definition) is 3. The zero-order valence-electron chi connectivity index (χ0n) is 12.6. The first-order valence-corrected chi connectivity index (χ1v) is 8.07. The van der Waals surface area contributed by atoms with Crippen LogP contribution in [0.1, 0.15) is 16.6 Å². The third-order valence-corrected chi connectivity index (χ3v) is 4.04. The Bertz CT molecular complexity index is 869. The highest BCUT2D eigenvalue weighted by Crippen LogP contribution is 2.28. The van der Waals surface area contributed by atoms with Gasteiger partial charge in [-0.1, -0.05) is 40.9 Å². The second-order valence-corrected chi connectivity index (χ2v) is 6.21. The second kappa shape index (κ2) is 8.59. The maximum absolute atomic E-state index is 12.9. The van der Waals surface area contributed by atoms with Gasteiger partial charge in [-0.2, -0.15) is 0 Å². The SMILES string of the molecule is Cl.O=C(c1ccc(Cl)cc1Cl)C(Oc1cccc(Cl)c1)n1ccnc1. The molecule has 1 heterocycles. The molecule has 0 bridgehead atoms. The Morgan fingerprint density at radius 2 is 1.84 bits per heavy atom. The average Bonchev–Trinajstić information content (AvgIpc) is 3.06. The average molecular weight is 418 g/mol. The van der Waals surface area contributed by atoms with Crippen LogP contribution in [-0.2, 0) is 0 Å². The van der Waals surface area contributed by atoms with Crippen LogP contribution in [0, 0.1) is 0 Å². The zero-order chi connectivity index (χ0) is 17.1. The van der Waals surface area contributed by atoms with Crippen LogP contribution in [0.15, 0.2) is 61.2 Å². The lowest BCUT2D eigenvalue weighted by molar-refractivity contribution is 0.0653. The lowest BCUT2D eigenvalue weighted by Gasteiger charge is -2.20. The van der Waals surface area contributed by atoms with Crippen molar-refractivity contribution >= 4 is 53.0 Å². The smallest absolute Gasteiger partial charge is 0.241 e.